The van der Waals surface area contributed by atoms with Crippen molar-refractivity contribution in [3.8, 4) is 0 Å². The minimum Gasteiger partial charge on any atom is -0.385 e. The number of ether oxygens (including phenoxy) is 1. The zero-order valence-electron chi connectivity index (χ0n) is 7.97. The van der Waals surface area contributed by atoms with E-state index in [1.807, 2.05) is 13.8 Å². The van der Waals surface area contributed by atoms with Gasteiger partial charge in [0.25, 0.3) is 0 Å². The van der Waals surface area contributed by atoms with Gasteiger partial charge in [0.05, 0.1) is 6.61 Å². The van der Waals surface area contributed by atoms with Crippen molar-refractivity contribution in [1.29, 1.82) is 0 Å². The van der Waals surface area contributed by atoms with E-state index in [0.717, 1.165) is 12.8 Å². The minimum absolute atomic E-state index is 0.394. The van der Waals surface area contributed by atoms with Crippen LogP contribution in [0.2, 0.25) is 0 Å². The van der Waals surface area contributed by atoms with Gasteiger partial charge in [-0.05, 0) is 12.8 Å². The summed E-state index contributed by atoms with van der Waals surface area (Å²) in [4.78, 5) is 0. The first-order valence-corrected chi connectivity index (χ1v) is 4.67. The third kappa shape index (κ3) is 1.37. The first kappa shape index (κ1) is 9.96. The summed E-state index contributed by atoms with van der Waals surface area (Å²) >= 11 is 0. The van der Waals surface area contributed by atoms with Gasteiger partial charge in [-0.1, -0.05) is 13.8 Å². The topological polar surface area (TPSA) is 55.5 Å². The average molecular weight is 173 g/mol. The molecule has 3 nitrogen and oxygen atoms in total. The molecule has 0 aromatic heterocycles. The molecule has 1 atom stereocenters. The van der Waals surface area contributed by atoms with Crippen molar-refractivity contribution >= 4 is 0 Å². The van der Waals surface area contributed by atoms with Crippen molar-refractivity contribution in [2.75, 3.05) is 13.2 Å². The smallest absolute Gasteiger partial charge is 0.108 e. The predicted octanol–water partition coefficient (Wildman–Crippen LogP) is 0.655. The molecule has 12 heavy (non-hydrogen) atoms. The summed E-state index contributed by atoms with van der Waals surface area (Å²) in [5, 5.41) is 10.2. The monoisotopic (exact) mass is 173 g/mol. The van der Waals surface area contributed by atoms with Gasteiger partial charge >= 0.3 is 0 Å². The average Bonchev–Trinajstić information content (AvgIpc) is 2.52. The van der Waals surface area contributed by atoms with E-state index in [9.17, 15) is 5.11 Å². The molecule has 0 aliphatic carbocycles. The maximum absolute atomic E-state index is 10.2. The molecule has 1 rings (SSSR count). The lowest BCUT2D eigenvalue weighted by Crippen LogP contribution is -2.60. The fourth-order valence-electron chi connectivity index (χ4n) is 1.85. The molecule has 0 amide bonds. The molecule has 0 aromatic rings. The molecular formula is C9H19NO2. The highest BCUT2D eigenvalue weighted by atomic mass is 16.5. The van der Waals surface area contributed by atoms with Gasteiger partial charge in [0.2, 0.25) is 0 Å². The van der Waals surface area contributed by atoms with E-state index in [-0.39, 0.29) is 0 Å². The van der Waals surface area contributed by atoms with Crippen LogP contribution in [0.1, 0.15) is 33.1 Å². The van der Waals surface area contributed by atoms with E-state index in [1.165, 1.54) is 0 Å². The van der Waals surface area contributed by atoms with Crippen molar-refractivity contribution < 1.29 is 9.84 Å². The molecule has 1 fully saturated rings. The summed E-state index contributed by atoms with van der Waals surface area (Å²) in [5.74, 6) is 0. The Balaban J connectivity index is 2.75. The SMILES string of the molecule is CCC(N)(CC)C1(O)CCOC1. The Kier molecular flexibility index (Phi) is 2.76. The summed E-state index contributed by atoms with van der Waals surface area (Å²) in [6, 6.07) is 0. The Morgan fingerprint density at radius 3 is 2.42 bits per heavy atom. The van der Waals surface area contributed by atoms with Gasteiger partial charge in [0.15, 0.2) is 0 Å². The van der Waals surface area contributed by atoms with Crippen LogP contribution in [0, 0.1) is 0 Å². The normalized spacial score (nSPS) is 31.0. The van der Waals surface area contributed by atoms with Gasteiger partial charge in [-0.15, -0.1) is 0 Å². The molecule has 1 heterocycles. The standard InChI is InChI=1S/C9H19NO2/c1-3-8(10,4-2)9(11)5-6-12-7-9/h11H,3-7,10H2,1-2H3. The summed E-state index contributed by atoms with van der Waals surface area (Å²) in [7, 11) is 0. The second kappa shape index (κ2) is 3.32. The number of rotatable bonds is 3. The van der Waals surface area contributed by atoms with E-state index < -0.39 is 11.1 Å². The fourth-order valence-corrected chi connectivity index (χ4v) is 1.85. The first-order valence-electron chi connectivity index (χ1n) is 4.67. The fraction of sp³-hybridized carbons (Fsp3) is 1.00. The highest BCUT2D eigenvalue weighted by Gasteiger charge is 2.47. The molecular weight excluding hydrogens is 154 g/mol. The Labute approximate surface area is 73.9 Å². The summed E-state index contributed by atoms with van der Waals surface area (Å²) in [5.41, 5.74) is 4.84. The van der Waals surface area contributed by atoms with E-state index >= 15 is 0 Å². The van der Waals surface area contributed by atoms with Crippen LogP contribution >= 0.6 is 0 Å². The van der Waals surface area contributed by atoms with Crippen LogP contribution < -0.4 is 5.73 Å². The second-order valence-corrected chi connectivity index (χ2v) is 3.70. The predicted molar refractivity (Wildman–Crippen MR) is 47.9 cm³/mol. The van der Waals surface area contributed by atoms with Gasteiger partial charge in [-0.25, -0.2) is 0 Å². The van der Waals surface area contributed by atoms with Gasteiger partial charge in [0.1, 0.15) is 5.60 Å². The molecule has 0 saturated carbocycles. The zero-order chi connectivity index (χ0) is 9.24. The van der Waals surface area contributed by atoms with Crippen molar-refractivity contribution in [3.05, 3.63) is 0 Å². The zero-order valence-corrected chi connectivity index (χ0v) is 7.97. The molecule has 3 N–H and O–H groups in total. The highest BCUT2D eigenvalue weighted by Crippen LogP contribution is 2.33. The van der Waals surface area contributed by atoms with E-state index in [4.69, 9.17) is 10.5 Å². The molecule has 0 spiro atoms. The van der Waals surface area contributed by atoms with Crippen LogP contribution in [-0.4, -0.2) is 29.5 Å². The van der Waals surface area contributed by atoms with E-state index in [0.29, 0.717) is 19.6 Å². The number of hydrogen-bond donors (Lipinski definition) is 2. The van der Waals surface area contributed by atoms with Crippen LogP contribution in [-0.2, 0) is 4.74 Å². The van der Waals surface area contributed by atoms with E-state index in [1.54, 1.807) is 0 Å². The number of aliphatic hydroxyl groups is 1. The third-order valence-corrected chi connectivity index (χ3v) is 3.19. The van der Waals surface area contributed by atoms with Crippen LogP contribution in [0.25, 0.3) is 0 Å². The van der Waals surface area contributed by atoms with Crippen LogP contribution in [0.15, 0.2) is 0 Å². The maximum atomic E-state index is 10.2. The first-order chi connectivity index (χ1) is 5.58. The largest absolute Gasteiger partial charge is 0.385 e. The van der Waals surface area contributed by atoms with Gasteiger partial charge in [-0.2, -0.15) is 0 Å². The number of nitrogens with two attached hydrogens (primary N) is 1. The molecule has 1 aliphatic rings. The lowest BCUT2D eigenvalue weighted by molar-refractivity contribution is -0.0443. The summed E-state index contributed by atoms with van der Waals surface area (Å²) < 4.78 is 5.18. The molecule has 3 heteroatoms. The van der Waals surface area contributed by atoms with Crippen LogP contribution in [0.4, 0.5) is 0 Å². The Morgan fingerprint density at radius 2 is 2.08 bits per heavy atom. The van der Waals surface area contributed by atoms with Crippen LogP contribution in [0.3, 0.4) is 0 Å². The van der Waals surface area contributed by atoms with Gasteiger partial charge in [0, 0.05) is 18.6 Å². The molecule has 0 radical (unpaired) electrons. The summed E-state index contributed by atoms with van der Waals surface area (Å²) in [6.07, 6.45) is 2.26. The van der Waals surface area contributed by atoms with Gasteiger partial charge in [-0.3, -0.25) is 0 Å². The van der Waals surface area contributed by atoms with Crippen molar-refractivity contribution in [1.82, 2.24) is 0 Å². The molecule has 1 aliphatic heterocycles. The highest BCUT2D eigenvalue weighted by molar-refractivity contribution is 5.04. The lowest BCUT2D eigenvalue weighted by Gasteiger charge is -2.40. The molecule has 1 saturated heterocycles. The third-order valence-electron chi connectivity index (χ3n) is 3.19. The molecule has 72 valence electrons. The van der Waals surface area contributed by atoms with Crippen LogP contribution in [0.5, 0.6) is 0 Å². The molecule has 0 aromatic carbocycles. The maximum Gasteiger partial charge on any atom is 0.108 e. The summed E-state index contributed by atoms with van der Waals surface area (Å²) in [6.45, 7) is 5.06. The Bertz CT molecular complexity index is 147. The minimum atomic E-state index is -0.795. The number of hydrogen-bond acceptors (Lipinski definition) is 3. The Morgan fingerprint density at radius 1 is 1.50 bits per heavy atom. The molecule has 1 unspecified atom stereocenters. The van der Waals surface area contributed by atoms with Gasteiger partial charge < -0.3 is 15.6 Å². The van der Waals surface area contributed by atoms with Crippen molar-refractivity contribution in [3.63, 3.8) is 0 Å². The van der Waals surface area contributed by atoms with Crippen molar-refractivity contribution in [2.45, 2.75) is 44.2 Å². The second-order valence-electron chi connectivity index (χ2n) is 3.70. The van der Waals surface area contributed by atoms with E-state index in [2.05, 4.69) is 0 Å². The quantitative estimate of drug-likeness (QED) is 0.659. The lowest BCUT2D eigenvalue weighted by atomic mass is 9.76. The molecule has 0 bridgehead atoms. The Hall–Kier alpha value is -0.120. The van der Waals surface area contributed by atoms with Crippen molar-refractivity contribution in [2.24, 2.45) is 5.73 Å².